The number of nitrogens with one attached hydrogen (secondary N) is 2. The molecule has 0 radical (unpaired) electrons. The van der Waals surface area contributed by atoms with Crippen molar-refractivity contribution in [2.45, 2.75) is 24.3 Å². The summed E-state index contributed by atoms with van der Waals surface area (Å²) in [6.45, 7) is 3.74. The lowest BCUT2D eigenvalue weighted by atomic mass is 10.0. The van der Waals surface area contributed by atoms with Crippen LogP contribution in [0, 0.1) is 6.92 Å². The van der Waals surface area contributed by atoms with Gasteiger partial charge in [-0.1, -0.05) is 53.7 Å². The summed E-state index contributed by atoms with van der Waals surface area (Å²) in [5.41, 5.74) is 2.23. The van der Waals surface area contributed by atoms with Gasteiger partial charge in [-0.3, -0.25) is 9.59 Å². The highest BCUT2D eigenvalue weighted by molar-refractivity contribution is 8.00. The number of aromatic nitrogens is 2. The van der Waals surface area contributed by atoms with Crippen LogP contribution in [0.15, 0.2) is 58.5 Å². The number of hydrogen-bond acceptors (Lipinski definition) is 6. The van der Waals surface area contributed by atoms with Crippen LogP contribution in [-0.2, 0) is 4.79 Å². The fraction of sp³-hybridized carbons (Fsp3) is 0.174. The summed E-state index contributed by atoms with van der Waals surface area (Å²) in [7, 11) is 1.53. The van der Waals surface area contributed by atoms with E-state index in [1.807, 2.05) is 37.3 Å². The highest BCUT2D eigenvalue weighted by Gasteiger charge is 2.20. The van der Waals surface area contributed by atoms with Crippen LogP contribution in [0.25, 0.3) is 21.3 Å². The SMILES string of the molecule is COc1ccc(NC(=O)C(C)Sc2nc3sc(C)c(-c4ccccc4)c3c(=O)[nH]2)cc1Cl. The van der Waals surface area contributed by atoms with Crippen LogP contribution in [0.3, 0.4) is 0 Å². The number of thioether (sulfide) groups is 1. The van der Waals surface area contributed by atoms with Crippen molar-refractivity contribution in [1.29, 1.82) is 0 Å². The molecule has 6 nitrogen and oxygen atoms in total. The monoisotopic (exact) mass is 485 g/mol. The fourth-order valence-corrected chi connectivity index (χ4v) is 5.47. The molecule has 2 heterocycles. The van der Waals surface area contributed by atoms with Gasteiger partial charge < -0.3 is 15.0 Å². The zero-order chi connectivity index (χ0) is 22.8. The Balaban J connectivity index is 1.56. The Bertz CT molecular complexity index is 1350. The number of thiophene rings is 1. The summed E-state index contributed by atoms with van der Waals surface area (Å²) in [4.78, 5) is 34.7. The summed E-state index contributed by atoms with van der Waals surface area (Å²) in [6, 6.07) is 14.8. The van der Waals surface area contributed by atoms with Crippen LogP contribution in [0.5, 0.6) is 5.75 Å². The molecule has 0 fully saturated rings. The zero-order valence-electron chi connectivity index (χ0n) is 17.6. The molecular formula is C23H20ClN3O3S2. The molecule has 0 spiro atoms. The zero-order valence-corrected chi connectivity index (χ0v) is 20.0. The van der Waals surface area contributed by atoms with E-state index in [0.717, 1.165) is 16.0 Å². The van der Waals surface area contributed by atoms with Gasteiger partial charge in [-0.25, -0.2) is 4.98 Å². The van der Waals surface area contributed by atoms with Crippen molar-refractivity contribution < 1.29 is 9.53 Å². The Labute approximate surface area is 198 Å². The molecule has 4 rings (SSSR count). The van der Waals surface area contributed by atoms with Gasteiger partial charge in [0.1, 0.15) is 10.6 Å². The van der Waals surface area contributed by atoms with E-state index in [-0.39, 0.29) is 11.5 Å². The standard InChI is InChI=1S/C23H20ClN3O3S2/c1-12-18(14-7-5-4-6-8-14)19-21(29)26-23(27-22(19)31-12)32-13(2)20(28)25-15-9-10-17(30-3)16(24)11-15/h4-11,13H,1-3H3,(H,25,28)(H,26,27,29). The number of H-pyrrole nitrogens is 1. The molecule has 2 aromatic carbocycles. The number of carbonyl (C=O) groups excluding carboxylic acids is 1. The van der Waals surface area contributed by atoms with Crippen molar-refractivity contribution in [2.75, 3.05) is 12.4 Å². The van der Waals surface area contributed by atoms with Crippen LogP contribution >= 0.6 is 34.7 Å². The van der Waals surface area contributed by atoms with E-state index < -0.39 is 5.25 Å². The maximum atomic E-state index is 12.9. The molecule has 0 aliphatic heterocycles. The number of carbonyl (C=O) groups is 1. The second-order valence-electron chi connectivity index (χ2n) is 7.05. The van der Waals surface area contributed by atoms with Crippen LogP contribution < -0.4 is 15.6 Å². The maximum Gasteiger partial charge on any atom is 0.260 e. The molecule has 164 valence electrons. The first-order chi connectivity index (χ1) is 15.4. The van der Waals surface area contributed by atoms with Crippen LogP contribution in [0.4, 0.5) is 5.69 Å². The Morgan fingerprint density at radius 1 is 1.25 bits per heavy atom. The Morgan fingerprint density at radius 2 is 2.00 bits per heavy atom. The molecule has 9 heteroatoms. The van der Waals surface area contributed by atoms with Crippen molar-refractivity contribution >= 4 is 56.5 Å². The number of halogens is 1. The minimum atomic E-state index is -0.494. The number of benzene rings is 2. The molecule has 4 aromatic rings. The topological polar surface area (TPSA) is 84.1 Å². The third-order valence-corrected chi connectivity index (χ3v) is 7.13. The van der Waals surface area contributed by atoms with Gasteiger partial charge in [-0.15, -0.1) is 11.3 Å². The Kier molecular flexibility index (Phi) is 6.55. The van der Waals surface area contributed by atoms with Gasteiger partial charge in [-0.05, 0) is 37.6 Å². The smallest absolute Gasteiger partial charge is 0.260 e. The summed E-state index contributed by atoms with van der Waals surface area (Å²) in [6.07, 6.45) is 0. The lowest BCUT2D eigenvalue weighted by Gasteiger charge is -2.12. The number of aryl methyl sites for hydroxylation is 1. The van der Waals surface area contributed by atoms with E-state index in [2.05, 4.69) is 15.3 Å². The molecule has 0 aliphatic carbocycles. The first-order valence-corrected chi connectivity index (χ1v) is 11.8. The predicted octanol–water partition coefficient (Wildman–Crippen LogP) is 5.74. The molecule has 1 amide bonds. The normalized spacial score (nSPS) is 12.0. The number of fused-ring (bicyclic) bond motifs is 1. The van der Waals surface area contributed by atoms with E-state index in [4.69, 9.17) is 16.3 Å². The lowest BCUT2D eigenvalue weighted by molar-refractivity contribution is -0.115. The maximum absolute atomic E-state index is 12.9. The average Bonchev–Trinajstić information content (AvgIpc) is 3.10. The van der Waals surface area contributed by atoms with Crippen molar-refractivity contribution in [3.05, 3.63) is 68.8 Å². The fourth-order valence-electron chi connectivity index (χ4n) is 3.32. The molecule has 0 bridgehead atoms. The quantitative estimate of drug-likeness (QED) is 0.268. The summed E-state index contributed by atoms with van der Waals surface area (Å²) in [5.74, 6) is 0.301. The molecule has 0 aliphatic rings. The number of ether oxygens (including phenoxy) is 1. The van der Waals surface area contributed by atoms with Crippen molar-refractivity contribution in [1.82, 2.24) is 9.97 Å². The number of methoxy groups -OCH3 is 1. The van der Waals surface area contributed by atoms with Crippen molar-refractivity contribution in [3.8, 4) is 16.9 Å². The molecule has 1 atom stereocenters. The number of nitrogens with zero attached hydrogens (tertiary/aromatic N) is 1. The summed E-state index contributed by atoms with van der Waals surface area (Å²) >= 11 is 8.79. The third kappa shape index (κ3) is 4.53. The molecule has 2 N–H and O–H groups in total. The van der Waals surface area contributed by atoms with Crippen molar-refractivity contribution in [2.24, 2.45) is 0 Å². The summed E-state index contributed by atoms with van der Waals surface area (Å²) < 4.78 is 5.13. The van der Waals surface area contributed by atoms with E-state index in [1.165, 1.54) is 30.2 Å². The predicted molar refractivity (Wildman–Crippen MR) is 132 cm³/mol. The minimum absolute atomic E-state index is 0.213. The molecule has 0 saturated heterocycles. The minimum Gasteiger partial charge on any atom is -0.495 e. The van der Waals surface area contributed by atoms with E-state index >= 15 is 0 Å². The highest BCUT2D eigenvalue weighted by atomic mass is 35.5. The first kappa shape index (κ1) is 22.4. The van der Waals surface area contributed by atoms with Gasteiger partial charge in [0, 0.05) is 16.1 Å². The average molecular weight is 486 g/mol. The number of aromatic amines is 1. The van der Waals surface area contributed by atoms with E-state index in [9.17, 15) is 9.59 Å². The van der Waals surface area contributed by atoms with Crippen LogP contribution in [-0.4, -0.2) is 28.2 Å². The molecule has 1 unspecified atom stereocenters. The van der Waals surface area contributed by atoms with Gasteiger partial charge in [-0.2, -0.15) is 0 Å². The van der Waals surface area contributed by atoms with Gasteiger partial charge in [0.2, 0.25) is 5.91 Å². The number of hydrogen-bond donors (Lipinski definition) is 2. The van der Waals surface area contributed by atoms with Gasteiger partial charge in [0.25, 0.3) is 5.56 Å². The third-order valence-electron chi connectivity index (χ3n) is 4.86. The largest absolute Gasteiger partial charge is 0.495 e. The van der Waals surface area contributed by atoms with E-state index in [0.29, 0.717) is 31.8 Å². The first-order valence-electron chi connectivity index (χ1n) is 9.77. The van der Waals surface area contributed by atoms with Gasteiger partial charge in [0.15, 0.2) is 5.16 Å². The van der Waals surface area contributed by atoms with Gasteiger partial charge >= 0.3 is 0 Å². The second-order valence-corrected chi connectivity index (χ2v) is 9.99. The number of rotatable bonds is 6. The number of anilines is 1. The van der Waals surface area contributed by atoms with Crippen LogP contribution in [0.1, 0.15) is 11.8 Å². The van der Waals surface area contributed by atoms with E-state index in [1.54, 1.807) is 25.1 Å². The lowest BCUT2D eigenvalue weighted by Crippen LogP contribution is -2.23. The highest BCUT2D eigenvalue weighted by Crippen LogP contribution is 2.36. The van der Waals surface area contributed by atoms with Crippen molar-refractivity contribution in [3.63, 3.8) is 0 Å². The Hall–Kier alpha value is -2.81. The Morgan fingerprint density at radius 3 is 2.69 bits per heavy atom. The van der Waals surface area contributed by atoms with Crippen LogP contribution in [0.2, 0.25) is 5.02 Å². The molecular weight excluding hydrogens is 466 g/mol. The summed E-state index contributed by atoms with van der Waals surface area (Å²) in [5, 5.41) is 3.71. The molecule has 0 saturated carbocycles. The molecule has 32 heavy (non-hydrogen) atoms. The molecule has 2 aromatic heterocycles. The van der Waals surface area contributed by atoms with Gasteiger partial charge in [0.05, 0.1) is 22.8 Å². The number of amides is 1. The second kappa shape index (κ2) is 9.36.